The third kappa shape index (κ3) is 4.91. The Labute approximate surface area is 172 Å². The minimum atomic E-state index is -0.607. The number of nitrogens with zero attached hydrogens (tertiary/aromatic N) is 2. The monoisotopic (exact) mass is 409 g/mol. The average Bonchev–Trinajstić information content (AvgIpc) is 2.75. The van der Waals surface area contributed by atoms with Crippen LogP contribution in [0, 0.1) is 5.82 Å². The predicted molar refractivity (Wildman–Crippen MR) is 110 cm³/mol. The number of carbonyl (C=O) groups excluding carboxylic acids is 1. The first-order valence-electron chi connectivity index (χ1n) is 9.03. The molecule has 0 aliphatic carbocycles. The van der Waals surface area contributed by atoms with Crippen molar-refractivity contribution in [3.05, 3.63) is 93.7 Å². The normalized spacial score (nSPS) is 10.8. The van der Waals surface area contributed by atoms with E-state index in [1.54, 1.807) is 55.7 Å². The van der Waals surface area contributed by atoms with Crippen molar-refractivity contribution in [1.29, 1.82) is 0 Å². The van der Waals surface area contributed by atoms with Crippen molar-refractivity contribution in [2.24, 2.45) is 12.1 Å². The van der Waals surface area contributed by atoms with E-state index < -0.39 is 11.5 Å². The summed E-state index contributed by atoms with van der Waals surface area (Å²) in [6.45, 7) is 0.0541. The maximum absolute atomic E-state index is 13.7. The van der Waals surface area contributed by atoms with Crippen LogP contribution in [0.5, 0.6) is 11.5 Å². The molecule has 0 saturated heterocycles. The van der Waals surface area contributed by atoms with Gasteiger partial charge in [-0.15, -0.1) is 0 Å². The van der Waals surface area contributed by atoms with E-state index in [9.17, 15) is 14.0 Å². The second kappa shape index (κ2) is 9.51. The molecule has 0 radical (unpaired) electrons. The van der Waals surface area contributed by atoms with Crippen LogP contribution in [-0.2, 0) is 13.7 Å². The first-order valence-corrected chi connectivity index (χ1v) is 9.03. The van der Waals surface area contributed by atoms with Gasteiger partial charge in [-0.25, -0.2) is 9.82 Å². The molecular formula is C22H20FN3O4. The molecule has 154 valence electrons. The maximum Gasteiger partial charge on any atom is 0.276 e. The Balaban J connectivity index is 1.67. The van der Waals surface area contributed by atoms with Crippen molar-refractivity contribution in [1.82, 2.24) is 9.99 Å². The van der Waals surface area contributed by atoms with Gasteiger partial charge in [0.05, 0.1) is 13.3 Å². The topological polar surface area (TPSA) is 81.9 Å². The molecule has 1 amide bonds. The van der Waals surface area contributed by atoms with Gasteiger partial charge in [0, 0.05) is 18.8 Å². The fraction of sp³-hybridized carbons (Fsp3) is 0.136. The Morgan fingerprint density at radius 2 is 1.97 bits per heavy atom. The van der Waals surface area contributed by atoms with Gasteiger partial charge in [-0.05, 0) is 42.0 Å². The number of aromatic nitrogens is 1. The minimum Gasteiger partial charge on any atom is -0.493 e. The Morgan fingerprint density at radius 1 is 1.17 bits per heavy atom. The summed E-state index contributed by atoms with van der Waals surface area (Å²) in [5.74, 6) is -0.0817. The zero-order chi connectivity index (χ0) is 21.5. The molecule has 2 aromatic carbocycles. The van der Waals surface area contributed by atoms with Gasteiger partial charge in [0.15, 0.2) is 11.5 Å². The van der Waals surface area contributed by atoms with Crippen molar-refractivity contribution >= 4 is 12.1 Å². The molecule has 0 spiro atoms. The maximum atomic E-state index is 13.7. The summed E-state index contributed by atoms with van der Waals surface area (Å²) in [6.07, 6.45) is 2.97. The van der Waals surface area contributed by atoms with Crippen LogP contribution in [0.3, 0.4) is 0 Å². The fourth-order valence-corrected chi connectivity index (χ4v) is 2.65. The molecule has 7 nitrogen and oxygen atoms in total. The molecular weight excluding hydrogens is 389 g/mol. The van der Waals surface area contributed by atoms with Gasteiger partial charge >= 0.3 is 0 Å². The van der Waals surface area contributed by atoms with E-state index in [0.717, 1.165) is 0 Å². The number of methoxy groups -OCH3 is 1. The van der Waals surface area contributed by atoms with Crippen LogP contribution >= 0.6 is 0 Å². The van der Waals surface area contributed by atoms with E-state index in [1.807, 2.05) is 0 Å². The summed E-state index contributed by atoms with van der Waals surface area (Å²) in [6, 6.07) is 14.4. The van der Waals surface area contributed by atoms with Gasteiger partial charge in [0.2, 0.25) is 0 Å². The van der Waals surface area contributed by atoms with Gasteiger partial charge in [0.1, 0.15) is 18.0 Å². The highest BCUT2D eigenvalue weighted by Crippen LogP contribution is 2.28. The first-order chi connectivity index (χ1) is 14.5. The number of aryl methyl sites for hydroxylation is 1. The van der Waals surface area contributed by atoms with Crippen LogP contribution < -0.4 is 20.5 Å². The molecule has 3 rings (SSSR count). The highest BCUT2D eigenvalue weighted by atomic mass is 19.1. The molecule has 3 aromatic rings. The quantitative estimate of drug-likeness (QED) is 0.481. The highest BCUT2D eigenvalue weighted by molar-refractivity contribution is 5.94. The molecule has 0 aliphatic rings. The number of nitrogens with one attached hydrogen (secondary N) is 1. The first kappa shape index (κ1) is 20.8. The molecule has 0 saturated carbocycles. The second-order valence-electron chi connectivity index (χ2n) is 6.33. The van der Waals surface area contributed by atoms with Crippen LogP contribution in [0.1, 0.15) is 21.5 Å². The van der Waals surface area contributed by atoms with Crippen LogP contribution in [0.15, 0.2) is 70.7 Å². The van der Waals surface area contributed by atoms with E-state index in [2.05, 4.69) is 10.5 Å². The number of amides is 1. The van der Waals surface area contributed by atoms with Crippen molar-refractivity contribution in [2.45, 2.75) is 6.61 Å². The van der Waals surface area contributed by atoms with Crippen molar-refractivity contribution < 1.29 is 18.7 Å². The fourth-order valence-electron chi connectivity index (χ4n) is 2.65. The van der Waals surface area contributed by atoms with Crippen molar-refractivity contribution in [3.63, 3.8) is 0 Å². The van der Waals surface area contributed by atoms with Crippen LogP contribution in [0.2, 0.25) is 0 Å². The van der Waals surface area contributed by atoms with Gasteiger partial charge in [-0.1, -0.05) is 18.2 Å². The van der Waals surface area contributed by atoms with E-state index in [-0.39, 0.29) is 18.0 Å². The highest BCUT2D eigenvalue weighted by Gasteiger charge is 2.10. The molecule has 0 bridgehead atoms. The summed E-state index contributed by atoms with van der Waals surface area (Å²) < 4.78 is 26.0. The van der Waals surface area contributed by atoms with Gasteiger partial charge in [-0.3, -0.25) is 9.59 Å². The number of carbonyl (C=O) groups is 1. The number of ether oxygens (including phenoxy) is 2. The number of hydrogen-bond donors (Lipinski definition) is 1. The second-order valence-corrected chi connectivity index (χ2v) is 6.33. The molecule has 1 heterocycles. The van der Waals surface area contributed by atoms with Gasteiger partial charge in [-0.2, -0.15) is 5.10 Å². The SMILES string of the molecule is COc1cc(/C=N\NC(=O)c2cccn(C)c2=O)ccc1OCc1ccccc1F. The molecule has 0 fully saturated rings. The standard InChI is InChI=1S/C22H20FN3O4/c1-26-11-5-7-17(22(26)28)21(27)25-24-13-15-9-10-19(20(12-15)29-2)30-14-16-6-3-4-8-18(16)23/h3-13H,14H2,1-2H3,(H,25,27)/b24-13-. The summed E-state index contributed by atoms with van der Waals surface area (Å²) in [4.78, 5) is 24.1. The van der Waals surface area contributed by atoms with Crippen molar-refractivity contribution in [3.8, 4) is 11.5 Å². The van der Waals surface area contributed by atoms with Crippen LogP contribution in [-0.4, -0.2) is 23.8 Å². The Morgan fingerprint density at radius 3 is 2.73 bits per heavy atom. The molecule has 30 heavy (non-hydrogen) atoms. The predicted octanol–water partition coefficient (Wildman–Crippen LogP) is 2.88. The van der Waals surface area contributed by atoms with Crippen LogP contribution in [0.25, 0.3) is 0 Å². The van der Waals surface area contributed by atoms with Gasteiger partial charge in [0.25, 0.3) is 11.5 Å². The molecule has 0 unspecified atom stereocenters. The number of benzene rings is 2. The lowest BCUT2D eigenvalue weighted by Crippen LogP contribution is -2.29. The Hall–Kier alpha value is -3.94. The number of halogens is 1. The lowest BCUT2D eigenvalue weighted by molar-refractivity contribution is 0.0953. The van der Waals surface area contributed by atoms with E-state index in [1.165, 1.54) is 30.0 Å². The van der Waals surface area contributed by atoms with Crippen molar-refractivity contribution in [2.75, 3.05) is 7.11 Å². The Bertz CT molecular complexity index is 1140. The minimum absolute atomic E-state index is 0.00776. The van der Waals surface area contributed by atoms with E-state index in [0.29, 0.717) is 22.6 Å². The average molecular weight is 409 g/mol. The summed E-state index contributed by atoms with van der Waals surface area (Å²) >= 11 is 0. The van der Waals surface area contributed by atoms with E-state index in [4.69, 9.17) is 9.47 Å². The molecule has 1 aromatic heterocycles. The molecule has 8 heteroatoms. The van der Waals surface area contributed by atoms with Gasteiger partial charge < -0.3 is 14.0 Å². The summed E-state index contributed by atoms with van der Waals surface area (Å²) in [5.41, 5.74) is 2.96. The lowest BCUT2D eigenvalue weighted by Gasteiger charge is -2.11. The lowest BCUT2D eigenvalue weighted by atomic mass is 10.2. The third-order valence-electron chi connectivity index (χ3n) is 4.28. The summed E-state index contributed by atoms with van der Waals surface area (Å²) in [5, 5.41) is 3.88. The number of rotatable bonds is 7. The van der Waals surface area contributed by atoms with Crippen LogP contribution in [0.4, 0.5) is 4.39 Å². The Kier molecular flexibility index (Phi) is 6.59. The molecule has 0 atom stereocenters. The smallest absolute Gasteiger partial charge is 0.276 e. The molecule has 1 N–H and O–H groups in total. The number of hydrazone groups is 1. The largest absolute Gasteiger partial charge is 0.493 e. The summed E-state index contributed by atoms with van der Waals surface area (Å²) in [7, 11) is 3.05. The number of pyridine rings is 1. The molecule has 0 aliphatic heterocycles. The van der Waals surface area contributed by atoms with E-state index >= 15 is 0 Å². The third-order valence-corrected chi connectivity index (χ3v) is 4.28. The zero-order valence-electron chi connectivity index (χ0n) is 16.5. The zero-order valence-corrected chi connectivity index (χ0v) is 16.5. The number of hydrogen-bond acceptors (Lipinski definition) is 5.